The molecule has 0 aromatic heterocycles. The molecule has 1 aliphatic heterocycles. The van der Waals surface area contributed by atoms with Crippen molar-refractivity contribution in [3.05, 3.63) is 23.8 Å². The Morgan fingerprint density at radius 2 is 1.89 bits per heavy atom. The fourth-order valence-electron chi connectivity index (χ4n) is 3.36. The summed E-state index contributed by atoms with van der Waals surface area (Å²) in [6.45, 7) is 2.34. The molecule has 1 aromatic carbocycles. The molecule has 1 saturated heterocycles. The number of carboxylic acid groups (broad SMARTS) is 1. The van der Waals surface area contributed by atoms with Crippen molar-refractivity contribution in [2.75, 3.05) is 20.2 Å². The lowest BCUT2D eigenvalue weighted by molar-refractivity contribution is -0.141. The van der Waals surface area contributed by atoms with E-state index in [0.717, 1.165) is 25.7 Å². The number of ether oxygens (including phenoxy) is 1. The summed E-state index contributed by atoms with van der Waals surface area (Å²) in [6, 6.07) is 3.13. The molecule has 1 amide bonds. The number of hydrogen-bond donors (Lipinski definition) is 1. The second-order valence-electron chi connectivity index (χ2n) is 6.93. The fourth-order valence-corrected chi connectivity index (χ4v) is 5.06. The Balaban J connectivity index is 1.99. The van der Waals surface area contributed by atoms with E-state index in [1.54, 1.807) is 0 Å². The molecular weight excluding hydrogens is 372 g/mol. The molecule has 9 heteroatoms. The molecule has 0 spiro atoms. The Bertz CT molecular complexity index is 843. The summed E-state index contributed by atoms with van der Waals surface area (Å²) in [6.07, 6.45) is 3.09. The third kappa shape index (κ3) is 3.79. The Morgan fingerprint density at radius 1 is 1.26 bits per heavy atom. The molecule has 3 rings (SSSR count). The van der Waals surface area contributed by atoms with Gasteiger partial charge >= 0.3 is 5.97 Å². The maximum atomic E-state index is 13.0. The van der Waals surface area contributed by atoms with E-state index >= 15 is 0 Å². The number of carbonyl (C=O) groups excluding carboxylic acids is 1. The van der Waals surface area contributed by atoms with Gasteiger partial charge in [-0.25, -0.2) is 13.2 Å². The highest BCUT2D eigenvalue weighted by molar-refractivity contribution is 7.89. The maximum Gasteiger partial charge on any atom is 0.326 e. The zero-order valence-corrected chi connectivity index (χ0v) is 16.2. The number of rotatable bonds is 7. The van der Waals surface area contributed by atoms with Gasteiger partial charge in [0.25, 0.3) is 5.91 Å². The number of amides is 1. The van der Waals surface area contributed by atoms with E-state index in [9.17, 15) is 23.1 Å². The van der Waals surface area contributed by atoms with Crippen molar-refractivity contribution in [1.29, 1.82) is 0 Å². The minimum Gasteiger partial charge on any atom is -0.495 e. The van der Waals surface area contributed by atoms with Crippen LogP contribution in [0, 0.1) is 0 Å². The van der Waals surface area contributed by atoms with Gasteiger partial charge in [-0.1, -0.05) is 0 Å². The van der Waals surface area contributed by atoms with Gasteiger partial charge in [-0.15, -0.1) is 0 Å². The molecule has 1 atom stereocenters. The predicted molar refractivity (Wildman–Crippen MR) is 97.3 cm³/mol. The first kappa shape index (κ1) is 19.6. The van der Waals surface area contributed by atoms with Gasteiger partial charge in [0.15, 0.2) is 0 Å². The van der Waals surface area contributed by atoms with Gasteiger partial charge in [-0.3, -0.25) is 4.79 Å². The summed E-state index contributed by atoms with van der Waals surface area (Å²) < 4.78 is 32.5. The summed E-state index contributed by atoms with van der Waals surface area (Å²) >= 11 is 0. The minimum absolute atomic E-state index is 0.0588. The molecule has 27 heavy (non-hydrogen) atoms. The zero-order chi connectivity index (χ0) is 19.8. The van der Waals surface area contributed by atoms with Crippen LogP contribution in [0.25, 0.3) is 0 Å². The number of carboxylic acids is 1. The topological polar surface area (TPSA) is 104 Å². The van der Waals surface area contributed by atoms with Gasteiger partial charge in [0.05, 0.1) is 7.11 Å². The second kappa shape index (κ2) is 7.47. The van der Waals surface area contributed by atoms with Gasteiger partial charge in [-0.2, -0.15) is 4.31 Å². The summed E-state index contributed by atoms with van der Waals surface area (Å²) in [5.74, 6) is -1.40. The average molecular weight is 396 g/mol. The largest absolute Gasteiger partial charge is 0.495 e. The number of nitrogens with zero attached hydrogens (tertiary/aromatic N) is 2. The highest BCUT2D eigenvalue weighted by Gasteiger charge is 2.39. The molecule has 1 heterocycles. The number of carbonyl (C=O) groups is 2. The number of hydrogen-bond acceptors (Lipinski definition) is 5. The van der Waals surface area contributed by atoms with E-state index in [0.29, 0.717) is 13.1 Å². The van der Waals surface area contributed by atoms with Crippen LogP contribution in [-0.4, -0.2) is 66.9 Å². The highest BCUT2D eigenvalue weighted by atomic mass is 32.2. The predicted octanol–water partition coefficient (Wildman–Crippen LogP) is 1.56. The SMILES string of the molecule is COc1ccc(C(=O)N(C2CC2)C(C)C(=O)O)cc1S(=O)(=O)N1CCCC1. The second-order valence-corrected chi connectivity index (χ2v) is 8.84. The van der Waals surface area contributed by atoms with E-state index in [-0.39, 0.29) is 22.3 Å². The van der Waals surface area contributed by atoms with Crippen LogP contribution in [-0.2, 0) is 14.8 Å². The molecular formula is C18H24N2O6S. The molecule has 0 radical (unpaired) electrons. The normalized spacial score (nSPS) is 18.9. The molecule has 8 nitrogen and oxygen atoms in total. The summed E-state index contributed by atoms with van der Waals surface area (Å²) in [7, 11) is -2.41. The van der Waals surface area contributed by atoms with Crippen LogP contribution in [0.1, 0.15) is 43.0 Å². The minimum atomic E-state index is -3.78. The molecule has 148 valence electrons. The summed E-state index contributed by atoms with van der Waals surface area (Å²) in [5.41, 5.74) is 0.147. The number of methoxy groups -OCH3 is 1. The van der Waals surface area contributed by atoms with E-state index in [1.807, 2.05) is 0 Å². The van der Waals surface area contributed by atoms with Crippen LogP contribution < -0.4 is 4.74 Å². The first-order chi connectivity index (χ1) is 12.8. The Kier molecular flexibility index (Phi) is 5.43. The molecule has 1 N–H and O–H groups in total. The Labute approximate surface area is 158 Å². The fraction of sp³-hybridized carbons (Fsp3) is 0.556. The van der Waals surface area contributed by atoms with Gasteiger partial charge in [-0.05, 0) is 50.8 Å². The number of aliphatic carboxylic acids is 1. The van der Waals surface area contributed by atoms with E-state index in [4.69, 9.17) is 4.74 Å². The molecule has 1 aromatic rings. The summed E-state index contributed by atoms with van der Waals surface area (Å²) in [4.78, 5) is 25.6. The zero-order valence-electron chi connectivity index (χ0n) is 15.4. The highest BCUT2D eigenvalue weighted by Crippen LogP contribution is 2.33. The van der Waals surface area contributed by atoms with Crippen molar-refractivity contribution in [3.8, 4) is 5.75 Å². The van der Waals surface area contributed by atoms with Crippen molar-refractivity contribution in [2.24, 2.45) is 0 Å². The van der Waals surface area contributed by atoms with Crippen LogP contribution in [0.2, 0.25) is 0 Å². The van der Waals surface area contributed by atoms with Crippen LogP contribution in [0.15, 0.2) is 23.1 Å². The van der Waals surface area contributed by atoms with E-state index in [1.165, 1.54) is 41.4 Å². The van der Waals surface area contributed by atoms with E-state index < -0.39 is 27.9 Å². The van der Waals surface area contributed by atoms with Crippen LogP contribution >= 0.6 is 0 Å². The van der Waals surface area contributed by atoms with Crippen LogP contribution in [0.3, 0.4) is 0 Å². The molecule has 1 saturated carbocycles. The van der Waals surface area contributed by atoms with Crippen LogP contribution in [0.4, 0.5) is 0 Å². The molecule has 2 aliphatic rings. The number of sulfonamides is 1. The molecule has 2 fully saturated rings. The lowest BCUT2D eigenvalue weighted by Gasteiger charge is -2.27. The Hall–Kier alpha value is -2.13. The maximum absolute atomic E-state index is 13.0. The van der Waals surface area contributed by atoms with Crippen molar-refractivity contribution in [1.82, 2.24) is 9.21 Å². The summed E-state index contributed by atoms with van der Waals surface area (Å²) in [5, 5.41) is 9.32. The Morgan fingerprint density at radius 3 is 2.41 bits per heavy atom. The first-order valence-corrected chi connectivity index (χ1v) is 10.4. The smallest absolute Gasteiger partial charge is 0.326 e. The molecule has 1 unspecified atom stereocenters. The van der Waals surface area contributed by atoms with Gasteiger partial charge in [0, 0.05) is 24.7 Å². The van der Waals surface area contributed by atoms with Crippen LogP contribution in [0.5, 0.6) is 5.75 Å². The van der Waals surface area contributed by atoms with Crippen molar-refractivity contribution in [3.63, 3.8) is 0 Å². The average Bonchev–Trinajstić information content (AvgIpc) is 3.31. The third-order valence-corrected chi connectivity index (χ3v) is 6.96. The standard InChI is InChI=1S/C18H24N2O6S/c1-12(18(22)23)20(14-6-7-14)17(21)13-5-8-15(26-2)16(11-13)27(24,25)19-9-3-4-10-19/h5,8,11-12,14H,3-4,6-7,9-10H2,1-2H3,(H,22,23). The molecule has 0 bridgehead atoms. The first-order valence-electron chi connectivity index (χ1n) is 9.01. The van der Waals surface area contributed by atoms with Gasteiger partial charge < -0.3 is 14.7 Å². The quantitative estimate of drug-likeness (QED) is 0.750. The lowest BCUT2D eigenvalue weighted by atomic mass is 10.1. The van der Waals surface area contributed by atoms with Gasteiger partial charge in [0.2, 0.25) is 10.0 Å². The van der Waals surface area contributed by atoms with Crippen molar-refractivity contribution in [2.45, 2.75) is 49.6 Å². The van der Waals surface area contributed by atoms with Crippen molar-refractivity contribution >= 4 is 21.9 Å². The van der Waals surface area contributed by atoms with Gasteiger partial charge in [0.1, 0.15) is 16.7 Å². The lowest BCUT2D eigenvalue weighted by Crippen LogP contribution is -2.44. The number of benzene rings is 1. The van der Waals surface area contributed by atoms with E-state index in [2.05, 4.69) is 0 Å². The third-order valence-electron chi connectivity index (χ3n) is 5.04. The van der Waals surface area contributed by atoms with Crippen molar-refractivity contribution < 1.29 is 27.9 Å². The molecule has 1 aliphatic carbocycles. The monoisotopic (exact) mass is 396 g/mol.